The lowest BCUT2D eigenvalue weighted by atomic mass is 10.1. The van der Waals surface area contributed by atoms with Gasteiger partial charge < -0.3 is 4.42 Å². The molecule has 0 atom stereocenters. The summed E-state index contributed by atoms with van der Waals surface area (Å²) in [5.74, 6) is 0.779. The predicted molar refractivity (Wildman–Crippen MR) is 133 cm³/mol. The number of aromatic nitrogens is 2. The molecule has 0 aliphatic rings. The normalized spacial score (nSPS) is 11.2. The summed E-state index contributed by atoms with van der Waals surface area (Å²) >= 11 is 5.14. The second-order valence-electron chi connectivity index (χ2n) is 7.52. The molecule has 158 valence electrons. The number of thioether (sulfide) groups is 1. The number of fused-ring (bicyclic) bond motifs is 1. The molecule has 5 aromatic rings. The largest absolute Gasteiger partial charge is 0.422 e. The highest BCUT2D eigenvalue weighted by atomic mass is 79.9. The number of aryl methyl sites for hydroxylation is 1. The molecule has 0 saturated heterocycles. The van der Waals surface area contributed by atoms with Crippen LogP contribution in [0.25, 0.3) is 27.9 Å². The van der Waals surface area contributed by atoms with E-state index in [0.717, 1.165) is 26.5 Å². The first-order chi connectivity index (χ1) is 15.6. The molecule has 0 amide bonds. The molecule has 3 aromatic carbocycles. The van der Waals surface area contributed by atoms with Crippen molar-refractivity contribution in [2.45, 2.75) is 17.8 Å². The molecule has 0 saturated carbocycles. The topological polar surface area (TPSA) is 48.0 Å². The number of halogens is 1. The lowest BCUT2D eigenvalue weighted by Crippen LogP contribution is -2.02. The molecular weight excluding hydrogens is 484 g/mol. The van der Waals surface area contributed by atoms with Gasteiger partial charge in [0.15, 0.2) is 5.16 Å². The lowest BCUT2D eigenvalue weighted by molar-refractivity contribution is 0.563. The van der Waals surface area contributed by atoms with E-state index < -0.39 is 0 Å². The van der Waals surface area contributed by atoms with Gasteiger partial charge in [-0.2, -0.15) is 0 Å². The van der Waals surface area contributed by atoms with E-state index in [0.29, 0.717) is 16.8 Å². The summed E-state index contributed by atoms with van der Waals surface area (Å²) in [5.41, 5.74) is 4.67. The number of rotatable bonds is 5. The van der Waals surface area contributed by atoms with Crippen LogP contribution in [0.5, 0.6) is 0 Å². The molecule has 4 nitrogen and oxygen atoms in total. The maximum atomic E-state index is 12.7. The lowest BCUT2D eigenvalue weighted by Gasteiger charge is -2.08. The summed E-state index contributed by atoms with van der Waals surface area (Å²) in [6, 6.07) is 25.8. The highest BCUT2D eigenvalue weighted by Gasteiger charge is 2.16. The van der Waals surface area contributed by atoms with Crippen molar-refractivity contribution in [1.29, 1.82) is 0 Å². The van der Waals surface area contributed by atoms with Crippen molar-refractivity contribution in [3.05, 3.63) is 111 Å². The first-order valence-electron chi connectivity index (χ1n) is 10.1. The van der Waals surface area contributed by atoms with Crippen LogP contribution < -0.4 is 5.63 Å². The van der Waals surface area contributed by atoms with Gasteiger partial charge in [0.05, 0.1) is 11.3 Å². The molecule has 0 N–H and O–H groups in total. The van der Waals surface area contributed by atoms with Crippen molar-refractivity contribution < 1.29 is 4.42 Å². The van der Waals surface area contributed by atoms with Crippen molar-refractivity contribution in [2.24, 2.45) is 0 Å². The summed E-state index contributed by atoms with van der Waals surface area (Å²) in [7, 11) is 0. The Kier molecular flexibility index (Phi) is 5.72. The van der Waals surface area contributed by atoms with Gasteiger partial charge in [-0.1, -0.05) is 75.7 Å². The van der Waals surface area contributed by atoms with E-state index in [1.165, 1.54) is 11.1 Å². The zero-order chi connectivity index (χ0) is 22.1. The van der Waals surface area contributed by atoms with E-state index in [1.807, 2.05) is 59.3 Å². The quantitative estimate of drug-likeness (QED) is 0.191. The van der Waals surface area contributed by atoms with Gasteiger partial charge in [0.25, 0.3) is 0 Å². The molecule has 32 heavy (non-hydrogen) atoms. The predicted octanol–water partition coefficient (Wildman–Crippen LogP) is 7.01. The van der Waals surface area contributed by atoms with Crippen LogP contribution in [0.3, 0.4) is 0 Å². The first kappa shape index (κ1) is 20.8. The number of hydrogen-bond acceptors (Lipinski definition) is 4. The first-order valence-corrected chi connectivity index (χ1v) is 11.9. The Bertz CT molecular complexity index is 1470. The smallest absolute Gasteiger partial charge is 0.345 e. The Morgan fingerprint density at radius 2 is 1.81 bits per heavy atom. The van der Waals surface area contributed by atoms with Crippen LogP contribution in [0, 0.1) is 6.92 Å². The van der Waals surface area contributed by atoms with E-state index in [9.17, 15) is 4.79 Å². The molecule has 2 aromatic heterocycles. The highest BCUT2D eigenvalue weighted by molar-refractivity contribution is 9.10. The van der Waals surface area contributed by atoms with Crippen molar-refractivity contribution in [3.8, 4) is 16.9 Å². The fraction of sp³-hybridized carbons (Fsp3) is 0.0769. The molecule has 0 aliphatic carbocycles. The third kappa shape index (κ3) is 4.29. The monoisotopic (exact) mass is 502 g/mol. The second-order valence-corrected chi connectivity index (χ2v) is 9.38. The van der Waals surface area contributed by atoms with Gasteiger partial charge in [-0.05, 0) is 48.9 Å². The number of hydrogen-bond donors (Lipinski definition) is 0. The van der Waals surface area contributed by atoms with E-state index in [-0.39, 0.29) is 5.63 Å². The van der Waals surface area contributed by atoms with Crippen LogP contribution in [-0.2, 0) is 5.75 Å². The molecule has 0 unspecified atom stereocenters. The van der Waals surface area contributed by atoms with Gasteiger partial charge in [-0.3, -0.25) is 4.57 Å². The van der Waals surface area contributed by atoms with Gasteiger partial charge in [0.1, 0.15) is 5.58 Å². The van der Waals surface area contributed by atoms with Crippen molar-refractivity contribution in [3.63, 3.8) is 0 Å². The molecular formula is C26H19BrN2O2S. The molecule has 0 bridgehead atoms. The number of benzene rings is 3. The Labute approximate surface area is 198 Å². The summed E-state index contributed by atoms with van der Waals surface area (Å²) in [5, 5.41) is 1.69. The maximum Gasteiger partial charge on any atom is 0.345 e. The van der Waals surface area contributed by atoms with Crippen LogP contribution in [0.1, 0.15) is 11.1 Å². The number of para-hydroxylation sites is 1. The fourth-order valence-corrected chi connectivity index (χ4v) is 4.77. The third-order valence-corrected chi connectivity index (χ3v) is 6.70. The SMILES string of the molecule is Cc1cccc(CSc2nc(-c3cc4ccccc4oc3=O)cn2-c2ccc(Br)cc2)c1. The van der Waals surface area contributed by atoms with Gasteiger partial charge in [0.2, 0.25) is 0 Å². The highest BCUT2D eigenvalue weighted by Crippen LogP contribution is 2.30. The molecule has 6 heteroatoms. The van der Waals surface area contributed by atoms with Crippen molar-refractivity contribution in [2.75, 3.05) is 0 Å². The molecule has 2 heterocycles. The second kappa shape index (κ2) is 8.81. The number of imidazole rings is 1. The Hall–Kier alpha value is -3.09. The maximum absolute atomic E-state index is 12.7. The van der Waals surface area contributed by atoms with E-state index in [4.69, 9.17) is 9.40 Å². The average molecular weight is 503 g/mol. The Morgan fingerprint density at radius 3 is 2.62 bits per heavy atom. The van der Waals surface area contributed by atoms with Crippen LogP contribution in [-0.4, -0.2) is 9.55 Å². The van der Waals surface area contributed by atoms with Crippen LogP contribution in [0.15, 0.2) is 104 Å². The summed E-state index contributed by atoms with van der Waals surface area (Å²) in [4.78, 5) is 17.6. The minimum Gasteiger partial charge on any atom is -0.422 e. The van der Waals surface area contributed by atoms with Gasteiger partial charge in [-0.15, -0.1) is 0 Å². The summed E-state index contributed by atoms with van der Waals surface area (Å²) in [6.07, 6.45) is 1.91. The fourth-order valence-electron chi connectivity index (χ4n) is 3.57. The van der Waals surface area contributed by atoms with Gasteiger partial charge in [-0.25, -0.2) is 9.78 Å². The number of nitrogens with zero attached hydrogens (tertiary/aromatic N) is 2. The minimum absolute atomic E-state index is 0.389. The standard InChI is InChI=1S/C26H19BrN2O2S/c1-17-5-4-6-18(13-17)16-32-26-28-23(15-29(26)21-11-9-20(27)10-12-21)22-14-19-7-2-3-8-24(19)31-25(22)30/h2-15H,16H2,1H3. The third-order valence-electron chi connectivity index (χ3n) is 5.15. The van der Waals surface area contributed by atoms with Crippen molar-refractivity contribution in [1.82, 2.24) is 9.55 Å². The van der Waals surface area contributed by atoms with Crippen LogP contribution in [0.4, 0.5) is 0 Å². The molecule has 0 aliphatic heterocycles. The van der Waals surface area contributed by atoms with Crippen LogP contribution >= 0.6 is 27.7 Å². The van der Waals surface area contributed by atoms with E-state index >= 15 is 0 Å². The zero-order valence-corrected chi connectivity index (χ0v) is 19.7. The molecule has 5 rings (SSSR count). The van der Waals surface area contributed by atoms with Crippen molar-refractivity contribution >= 4 is 38.7 Å². The Balaban J connectivity index is 1.58. The van der Waals surface area contributed by atoms with E-state index in [1.54, 1.807) is 17.8 Å². The van der Waals surface area contributed by atoms with Gasteiger partial charge in [0, 0.05) is 27.5 Å². The summed E-state index contributed by atoms with van der Waals surface area (Å²) < 4.78 is 8.57. The Morgan fingerprint density at radius 1 is 1.00 bits per heavy atom. The van der Waals surface area contributed by atoms with Crippen LogP contribution in [0.2, 0.25) is 0 Å². The molecule has 0 spiro atoms. The molecule has 0 fully saturated rings. The van der Waals surface area contributed by atoms with Gasteiger partial charge >= 0.3 is 5.63 Å². The average Bonchev–Trinajstić information content (AvgIpc) is 3.22. The summed E-state index contributed by atoms with van der Waals surface area (Å²) in [6.45, 7) is 2.09. The minimum atomic E-state index is -0.389. The zero-order valence-electron chi connectivity index (χ0n) is 17.3. The molecule has 0 radical (unpaired) electrons. The van der Waals surface area contributed by atoms with E-state index in [2.05, 4.69) is 47.1 Å².